The van der Waals surface area contributed by atoms with E-state index >= 15 is 0 Å². The lowest BCUT2D eigenvalue weighted by Crippen LogP contribution is -2.49. The molecule has 1 saturated heterocycles. The number of aryl methyl sites for hydroxylation is 1. The van der Waals surface area contributed by atoms with Gasteiger partial charge in [0.15, 0.2) is 0 Å². The van der Waals surface area contributed by atoms with Crippen molar-refractivity contribution in [3.63, 3.8) is 0 Å². The van der Waals surface area contributed by atoms with E-state index in [2.05, 4.69) is 27.4 Å². The van der Waals surface area contributed by atoms with Crippen molar-refractivity contribution in [2.75, 3.05) is 19.6 Å². The highest BCUT2D eigenvalue weighted by atomic mass is 32.1. The number of thiazole rings is 1. The number of hydrogen-bond donors (Lipinski definition) is 2. The Kier molecular flexibility index (Phi) is 6.64. The van der Waals surface area contributed by atoms with E-state index in [-0.39, 0.29) is 17.9 Å². The van der Waals surface area contributed by atoms with Crippen LogP contribution in [0.4, 0.5) is 0 Å². The number of aromatic nitrogens is 1. The van der Waals surface area contributed by atoms with Gasteiger partial charge in [0.25, 0.3) is 5.91 Å². The SMILES string of the molecule is Cc1ncsc1C(=O)NC1CCN(CC(=O)N[C@H]2CCCC[C@H]2C)CC1. The van der Waals surface area contributed by atoms with Crippen LogP contribution in [0.1, 0.15) is 60.8 Å². The minimum absolute atomic E-state index is 0.0209. The first kappa shape index (κ1) is 19.3. The number of piperidine rings is 1. The molecular formula is C19H30N4O2S. The minimum atomic E-state index is -0.0209. The molecule has 0 radical (unpaired) electrons. The van der Waals surface area contributed by atoms with E-state index in [0.29, 0.717) is 23.4 Å². The zero-order chi connectivity index (χ0) is 18.5. The van der Waals surface area contributed by atoms with Gasteiger partial charge in [-0.05, 0) is 38.5 Å². The van der Waals surface area contributed by atoms with Crippen molar-refractivity contribution in [2.24, 2.45) is 5.92 Å². The average Bonchev–Trinajstić information content (AvgIpc) is 3.05. The smallest absolute Gasteiger partial charge is 0.263 e. The molecule has 0 aromatic carbocycles. The van der Waals surface area contributed by atoms with Crippen LogP contribution in [0.3, 0.4) is 0 Å². The van der Waals surface area contributed by atoms with E-state index < -0.39 is 0 Å². The van der Waals surface area contributed by atoms with Crippen molar-refractivity contribution in [2.45, 2.75) is 64.5 Å². The zero-order valence-corrected chi connectivity index (χ0v) is 16.6. The molecule has 2 amide bonds. The van der Waals surface area contributed by atoms with Crippen LogP contribution in [0.15, 0.2) is 5.51 Å². The Labute approximate surface area is 159 Å². The number of amides is 2. The van der Waals surface area contributed by atoms with E-state index in [1.54, 1.807) is 5.51 Å². The van der Waals surface area contributed by atoms with Gasteiger partial charge in [-0.25, -0.2) is 4.98 Å². The Hall–Kier alpha value is -1.47. The van der Waals surface area contributed by atoms with Gasteiger partial charge in [-0.15, -0.1) is 11.3 Å². The first-order valence-electron chi connectivity index (χ1n) is 9.75. The van der Waals surface area contributed by atoms with Gasteiger partial charge in [0, 0.05) is 25.2 Å². The molecule has 1 aromatic rings. The van der Waals surface area contributed by atoms with Crippen molar-refractivity contribution < 1.29 is 9.59 Å². The third-order valence-electron chi connectivity index (χ3n) is 5.70. The monoisotopic (exact) mass is 378 g/mol. The first-order chi connectivity index (χ1) is 12.5. The highest BCUT2D eigenvalue weighted by Crippen LogP contribution is 2.23. The summed E-state index contributed by atoms with van der Waals surface area (Å²) in [5.41, 5.74) is 2.50. The Morgan fingerprint density at radius 2 is 1.92 bits per heavy atom. The quantitative estimate of drug-likeness (QED) is 0.825. The Morgan fingerprint density at radius 1 is 1.19 bits per heavy atom. The number of rotatable bonds is 5. The van der Waals surface area contributed by atoms with Gasteiger partial charge in [-0.2, -0.15) is 0 Å². The molecule has 0 spiro atoms. The van der Waals surface area contributed by atoms with E-state index in [0.717, 1.165) is 38.0 Å². The van der Waals surface area contributed by atoms with Gasteiger partial charge in [-0.3, -0.25) is 14.5 Å². The fraction of sp³-hybridized carbons (Fsp3) is 0.737. The van der Waals surface area contributed by atoms with Gasteiger partial charge in [0.2, 0.25) is 5.91 Å². The lowest BCUT2D eigenvalue weighted by molar-refractivity contribution is -0.123. The fourth-order valence-electron chi connectivity index (χ4n) is 3.99. The molecule has 2 aliphatic rings. The topological polar surface area (TPSA) is 74.3 Å². The Bertz CT molecular complexity index is 625. The Morgan fingerprint density at radius 3 is 2.58 bits per heavy atom. The fourth-order valence-corrected chi connectivity index (χ4v) is 4.70. The average molecular weight is 379 g/mol. The second kappa shape index (κ2) is 8.95. The van der Waals surface area contributed by atoms with E-state index in [9.17, 15) is 9.59 Å². The molecule has 7 heteroatoms. The van der Waals surface area contributed by atoms with Crippen molar-refractivity contribution in [1.82, 2.24) is 20.5 Å². The van der Waals surface area contributed by atoms with Crippen LogP contribution in [0, 0.1) is 12.8 Å². The summed E-state index contributed by atoms with van der Waals surface area (Å²) in [5.74, 6) is 0.711. The maximum atomic E-state index is 12.3. The van der Waals surface area contributed by atoms with E-state index in [1.807, 2.05) is 6.92 Å². The van der Waals surface area contributed by atoms with Crippen LogP contribution in [0.5, 0.6) is 0 Å². The maximum Gasteiger partial charge on any atom is 0.263 e. The molecule has 6 nitrogen and oxygen atoms in total. The first-order valence-corrected chi connectivity index (χ1v) is 10.6. The summed E-state index contributed by atoms with van der Waals surface area (Å²) in [7, 11) is 0. The summed E-state index contributed by atoms with van der Waals surface area (Å²) in [6, 6.07) is 0.525. The highest BCUT2D eigenvalue weighted by Gasteiger charge is 2.26. The van der Waals surface area contributed by atoms with Gasteiger partial charge in [0.05, 0.1) is 17.7 Å². The van der Waals surface area contributed by atoms with Crippen LogP contribution in [0.25, 0.3) is 0 Å². The van der Waals surface area contributed by atoms with E-state index in [4.69, 9.17) is 0 Å². The van der Waals surface area contributed by atoms with Crippen molar-refractivity contribution in [3.8, 4) is 0 Å². The van der Waals surface area contributed by atoms with Gasteiger partial charge >= 0.3 is 0 Å². The predicted octanol–water partition coefficient (Wildman–Crippen LogP) is 2.34. The molecule has 1 aromatic heterocycles. The summed E-state index contributed by atoms with van der Waals surface area (Å²) in [6.45, 7) is 6.27. The van der Waals surface area contributed by atoms with Crippen molar-refractivity contribution in [1.29, 1.82) is 0 Å². The maximum absolute atomic E-state index is 12.3. The van der Waals surface area contributed by atoms with Crippen LogP contribution < -0.4 is 10.6 Å². The molecule has 26 heavy (non-hydrogen) atoms. The summed E-state index contributed by atoms with van der Waals surface area (Å²) in [5, 5.41) is 6.34. The lowest BCUT2D eigenvalue weighted by Gasteiger charge is -2.33. The highest BCUT2D eigenvalue weighted by molar-refractivity contribution is 7.11. The molecular weight excluding hydrogens is 348 g/mol. The molecule has 1 aliphatic carbocycles. The molecule has 2 N–H and O–H groups in total. The summed E-state index contributed by atoms with van der Waals surface area (Å²) in [4.78, 5) is 31.7. The second-order valence-electron chi connectivity index (χ2n) is 7.73. The number of likely N-dealkylation sites (tertiary alicyclic amines) is 1. The Balaban J connectivity index is 1.39. The molecule has 144 valence electrons. The third-order valence-corrected chi connectivity index (χ3v) is 6.63. The minimum Gasteiger partial charge on any atom is -0.352 e. The standard InChI is InChI=1S/C19H30N4O2S/c1-13-5-3-4-6-16(13)22-17(24)11-23-9-7-15(8-10-23)21-19(25)18-14(2)20-12-26-18/h12-13,15-16H,3-11H2,1-2H3,(H,21,25)(H,22,24)/t13-,16+/m1/s1. The number of nitrogens with one attached hydrogen (secondary N) is 2. The van der Waals surface area contributed by atoms with Crippen LogP contribution in [-0.2, 0) is 4.79 Å². The number of carbonyl (C=O) groups is 2. The third kappa shape index (κ3) is 5.04. The largest absolute Gasteiger partial charge is 0.352 e. The molecule has 1 aliphatic heterocycles. The van der Waals surface area contributed by atoms with Gasteiger partial charge < -0.3 is 10.6 Å². The molecule has 3 rings (SSSR count). The summed E-state index contributed by atoms with van der Waals surface area (Å²) >= 11 is 1.39. The van der Waals surface area contributed by atoms with Crippen molar-refractivity contribution >= 4 is 23.2 Å². The molecule has 2 heterocycles. The normalized spacial score (nSPS) is 25.0. The van der Waals surface area contributed by atoms with Gasteiger partial charge in [-0.1, -0.05) is 19.8 Å². The molecule has 0 unspecified atom stereocenters. The molecule has 2 fully saturated rings. The number of nitrogens with zero attached hydrogens (tertiary/aromatic N) is 2. The zero-order valence-electron chi connectivity index (χ0n) is 15.8. The molecule has 1 saturated carbocycles. The van der Waals surface area contributed by atoms with Crippen molar-refractivity contribution in [3.05, 3.63) is 16.1 Å². The lowest BCUT2D eigenvalue weighted by atomic mass is 9.86. The number of hydrogen-bond acceptors (Lipinski definition) is 5. The summed E-state index contributed by atoms with van der Waals surface area (Å²) < 4.78 is 0. The number of carbonyl (C=O) groups excluding carboxylic acids is 2. The van der Waals surface area contributed by atoms with E-state index in [1.165, 1.54) is 30.6 Å². The van der Waals surface area contributed by atoms with Crippen LogP contribution >= 0.6 is 11.3 Å². The molecule has 0 bridgehead atoms. The van der Waals surface area contributed by atoms with Crippen LogP contribution in [0.2, 0.25) is 0 Å². The second-order valence-corrected chi connectivity index (χ2v) is 8.58. The summed E-state index contributed by atoms with van der Waals surface area (Å²) in [6.07, 6.45) is 6.61. The van der Waals surface area contributed by atoms with Gasteiger partial charge in [0.1, 0.15) is 4.88 Å². The van der Waals surface area contributed by atoms with Crippen LogP contribution in [-0.4, -0.2) is 53.4 Å². The predicted molar refractivity (Wildman–Crippen MR) is 103 cm³/mol. The molecule has 2 atom stereocenters.